The lowest BCUT2D eigenvalue weighted by Crippen LogP contribution is -2.60. The van der Waals surface area contributed by atoms with Crippen molar-refractivity contribution in [3.8, 4) is 0 Å². The van der Waals surface area contributed by atoms with E-state index in [0.717, 1.165) is 0 Å². The van der Waals surface area contributed by atoms with Crippen LogP contribution < -0.4 is 5.32 Å². The van der Waals surface area contributed by atoms with Gasteiger partial charge in [0.15, 0.2) is 0 Å². The van der Waals surface area contributed by atoms with E-state index < -0.39 is 11.8 Å². The van der Waals surface area contributed by atoms with Gasteiger partial charge in [0.25, 0.3) is 0 Å². The first kappa shape index (κ1) is 7.08. The molecule has 1 fully saturated rings. The second-order valence-electron chi connectivity index (χ2n) is 2.02. The lowest BCUT2D eigenvalue weighted by atomic mass is 9.87. The van der Waals surface area contributed by atoms with Crippen molar-refractivity contribution >= 4 is 17.3 Å². The summed E-state index contributed by atoms with van der Waals surface area (Å²) in [4.78, 5) is 25.0. The number of carbonyl (C=O) groups is 2. The fourth-order valence-electron chi connectivity index (χ4n) is 0.933. The maximum absolute atomic E-state index is 10.7. The predicted molar refractivity (Wildman–Crippen MR) is 36.2 cm³/mol. The molecule has 4 nitrogen and oxygen atoms in total. The Morgan fingerprint density at radius 1 is 1.50 bits per heavy atom. The van der Waals surface area contributed by atoms with E-state index in [1.165, 1.54) is 7.05 Å². The summed E-state index contributed by atoms with van der Waals surface area (Å²) in [5.74, 6) is -0.843. The van der Waals surface area contributed by atoms with Gasteiger partial charge in [-0.1, -0.05) is 0 Å². The molecule has 0 unspecified atom stereocenters. The van der Waals surface area contributed by atoms with E-state index in [-0.39, 0.29) is 5.78 Å². The topological polar surface area (TPSA) is 58.5 Å². The molecule has 0 saturated heterocycles. The number of Topliss-reactive ketones (excluding diaryl/α,β-unsaturated/α-hetero) is 2. The minimum atomic E-state index is -0.457. The molecule has 10 heavy (non-hydrogen) atoms. The van der Waals surface area contributed by atoms with E-state index in [9.17, 15) is 9.59 Å². The third-order valence-corrected chi connectivity index (χ3v) is 1.52. The third-order valence-electron chi connectivity index (χ3n) is 1.52. The predicted octanol–water partition coefficient (Wildman–Crippen LogP) is -1.20. The number of hydrogen-bond donors (Lipinski definition) is 1. The highest BCUT2D eigenvalue weighted by molar-refractivity contribution is 6.80. The highest BCUT2D eigenvalue weighted by atomic mass is 16.2. The van der Waals surface area contributed by atoms with Crippen molar-refractivity contribution < 1.29 is 9.59 Å². The first-order valence-electron chi connectivity index (χ1n) is 2.95. The second-order valence-corrected chi connectivity index (χ2v) is 2.02. The number of hydrogen-bond acceptors (Lipinski definition) is 4. The summed E-state index contributed by atoms with van der Waals surface area (Å²) in [5.41, 5.74) is 0.340. The van der Waals surface area contributed by atoms with Gasteiger partial charge in [-0.3, -0.25) is 14.6 Å². The fourth-order valence-corrected chi connectivity index (χ4v) is 0.933. The van der Waals surface area contributed by atoms with Crippen LogP contribution in [0.3, 0.4) is 0 Å². The van der Waals surface area contributed by atoms with E-state index in [4.69, 9.17) is 0 Å². The smallest absolute Gasteiger partial charge is 0.246 e. The average molecular weight is 140 g/mol. The van der Waals surface area contributed by atoms with Gasteiger partial charge < -0.3 is 5.32 Å². The molecule has 1 rings (SSSR count). The van der Waals surface area contributed by atoms with Crippen LogP contribution in [-0.2, 0) is 9.59 Å². The molecule has 1 aliphatic rings. The van der Waals surface area contributed by atoms with E-state index in [2.05, 4.69) is 10.3 Å². The van der Waals surface area contributed by atoms with Crippen molar-refractivity contribution in [2.24, 2.45) is 4.99 Å². The third kappa shape index (κ3) is 0.690. The Hall–Kier alpha value is -1.03. The zero-order valence-corrected chi connectivity index (χ0v) is 5.84. The van der Waals surface area contributed by atoms with Crippen molar-refractivity contribution in [1.29, 1.82) is 0 Å². The van der Waals surface area contributed by atoms with Gasteiger partial charge in [-0.05, 0) is 7.05 Å². The Morgan fingerprint density at radius 3 is 2.40 bits per heavy atom. The standard InChI is InChI=1S/C6H8N2O2/c1-7-3-4(8-2)6(10)5(3)9/h3,7H,1-2H3/t3-/m0/s1. The van der Waals surface area contributed by atoms with E-state index in [1.807, 2.05) is 0 Å². The molecule has 0 amide bonds. The van der Waals surface area contributed by atoms with Crippen LogP contribution in [0.25, 0.3) is 0 Å². The molecule has 0 aromatic carbocycles. The Kier molecular flexibility index (Phi) is 1.63. The summed E-state index contributed by atoms with van der Waals surface area (Å²) in [5, 5.41) is 2.68. The summed E-state index contributed by atoms with van der Waals surface area (Å²) in [6, 6.07) is -0.447. The maximum atomic E-state index is 10.7. The van der Waals surface area contributed by atoms with Crippen LogP contribution in [0.1, 0.15) is 0 Å². The normalized spacial score (nSPS) is 29.0. The number of likely N-dealkylation sites (N-methyl/N-ethyl adjacent to an activating group) is 1. The van der Waals surface area contributed by atoms with Gasteiger partial charge >= 0.3 is 0 Å². The van der Waals surface area contributed by atoms with E-state index >= 15 is 0 Å². The SMILES string of the molecule is CN=C1C(=O)C(=O)[C@H]1NC. The minimum Gasteiger partial charge on any atom is -0.305 e. The van der Waals surface area contributed by atoms with Gasteiger partial charge in [0.05, 0.1) is 0 Å². The van der Waals surface area contributed by atoms with Crippen LogP contribution in [0.4, 0.5) is 0 Å². The molecular formula is C6H8N2O2. The molecule has 0 aliphatic heterocycles. The van der Waals surface area contributed by atoms with Crippen molar-refractivity contribution in [1.82, 2.24) is 5.32 Å². The second kappa shape index (κ2) is 2.30. The molecule has 4 heteroatoms. The van der Waals surface area contributed by atoms with Gasteiger partial charge in [-0.2, -0.15) is 0 Å². The van der Waals surface area contributed by atoms with Gasteiger partial charge in [-0.25, -0.2) is 0 Å². The fraction of sp³-hybridized carbons (Fsp3) is 0.500. The summed E-state index contributed by atoms with van der Waals surface area (Å²) in [7, 11) is 3.13. The molecule has 1 N–H and O–H groups in total. The Balaban J connectivity index is 2.80. The molecule has 1 atom stereocenters. The zero-order chi connectivity index (χ0) is 7.72. The molecule has 0 radical (unpaired) electrons. The minimum absolute atomic E-state index is 0.340. The molecule has 0 bridgehead atoms. The van der Waals surface area contributed by atoms with Gasteiger partial charge in [-0.15, -0.1) is 0 Å². The molecule has 54 valence electrons. The van der Waals surface area contributed by atoms with Crippen LogP contribution in [0, 0.1) is 0 Å². The van der Waals surface area contributed by atoms with Crippen LogP contribution in [-0.4, -0.2) is 37.4 Å². The summed E-state index contributed by atoms with van der Waals surface area (Å²) >= 11 is 0. The number of rotatable bonds is 1. The van der Waals surface area contributed by atoms with E-state index in [0.29, 0.717) is 5.71 Å². The van der Waals surface area contributed by atoms with Crippen molar-refractivity contribution in [2.75, 3.05) is 14.1 Å². The Morgan fingerprint density at radius 2 is 2.10 bits per heavy atom. The first-order chi connectivity index (χ1) is 4.72. The van der Waals surface area contributed by atoms with Crippen LogP contribution in [0.15, 0.2) is 4.99 Å². The average Bonchev–Trinajstić information content (AvgIpc) is 1.97. The summed E-state index contributed by atoms with van der Waals surface area (Å²) in [6.45, 7) is 0. The molecule has 0 aromatic rings. The Bertz CT molecular complexity index is 220. The summed E-state index contributed by atoms with van der Waals surface area (Å²) in [6.07, 6.45) is 0. The molecule has 0 aromatic heterocycles. The lowest BCUT2D eigenvalue weighted by molar-refractivity contribution is -0.136. The Labute approximate surface area is 58.3 Å². The van der Waals surface area contributed by atoms with E-state index in [1.54, 1.807) is 7.05 Å². The summed E-state index contributed by atoms with van der Waals surface area (Å²) < 4.78 is 0. The molecule has 0 spiro atoms. The number of aliphatic imine (C=N–C) groups is 1. The number of nitrogens with one attached hydrogen (secondary N) is 1. The van der Waals surface area contributed by atoms with Crippen molar-refractivity contribution in [3.63, 3.8) is 0 Å². The van der Waals surface area contributed by atoms with Crippen molar-refractivity contribution in [2.45, 2.75) is 6.04 Å². The number of carbonyl (C=O) groups excluding carboxylic acids is 2. The zero-order valence-electron chi connectivity index (χ0n) is 5.84. The largest absolute Gasteiger partial charge is 0.305 e. The number of nitrogens with zero attached hydrogens (tertiary/aromatic N) is 1. The van der Waals surface area contributed by atoms with Crippen LogP contribution in [0.5, 0.6) is 0 Å². The van der Waals surface area contributed by atoms with Gasteiger partial charge in [0.1, 0.15) is 11.8 Å². The quantitative estimate of drug-likeness (QED) is 0.465. The monoisotopic (exact) mass is 140 g/mol. The molecule has 1 aliphatic carbocycles. The molecule has 1 saturated carbocycles. The first-order valence-corrected chi connectivity index (χ1v) is 2.95. The lowest BCUT2D eigenvalue weighted by Gasteiger charge is -2.23. The highest BCUT2D eigenvalue weighted by Gasteiger charge is 2.44. The van der Waals surface area contributed by atoms with Crippen LogP contribution >= 0.6 is 0 Å². The highest BCUT2D eigenvalue weighted by Crippen LogP contribution is 2.06. The van der Waals surface area contributed by atoms with Gasteiger partial charge in [0.2, 0.25) is 11.6 Å². The van der Waals surface area contributed by atoms with Crippen LogP contribution in [0.2, 0.25) is 0 Å². The number of ketones is 2. The van der Waals surface area contributed by atoms with Crippen molar-refractivity contribution in [3.05, 3.63) is 0 Å². The molecule has 0 heterocycles. The van der Waals surface area contributed by atoms with Gasteiger partial charge in [0, 0.05) is 7.05 Å². The maximum Gasteiger partial charge on any atom is 0.246 e. The molecular weight excluding hydrogens is 132 g/mol.